The average Bonchev–Trinajstić information content (AvgIpc) is 2.83. The number of nitrogens with zero attached hydrogens (tertiary/aromatic N) is 4. The average molecular weight is 435 g/mol. The molecule has 2 aromatic rings. The molecule has 1 fully saturated rings. The number of nitriles is 1. The molecule has 2 amide bonds. The number of carbonyl (C=O) groups excluding carboxylic acids is 2. The highest BCUT2D eigenvalue weighted by Gasteiger charge is 2.26. The van der Waals surface area contributed by atoms with E-state index < -0.39 is 6.03 Å². The molecule has 32 heavy (non-hydrogen) atoms. The van der Waals surface area contributed by atoms with Crippen LogP contribution in [0.25, 0.3) is 0 Å². The number of ether oxygens (including phenoxy) is 1. The van der Waals surface area contributed by atoms with Crippen molar-refractivity contribution in [3.05, 3.63) is 46.3 Å². The summed E-state index contributed by atoms with van der Waals surface area (Å²) in [5.41, 5.74) is 2.76. The molecular weight excluding hydrogens is 410 g/mol. The Bertz CT molecular complexity index is 1060. The van der Waals surface area contributed by atoms with Crippen molar-refractivity contribution in [1.29, 1.82) is 5.26 Å². The number of aliphatic hydroxyl groups is 1. The van der Waals surface area contributed by atoms with Gasteiger partial charge in [-0.05, 0) is 61.3 Å². The van der Waals surface area contributed by atoms with Crippen molar-refractivity contribution in [3.63, 3.8) is 0 Å². The topological polar surface area (TPSA) is 128 Å². The Hall–Kier alpha value is -3.35. The van der Waals surface area contributed by atoms with Crippen molar-refractivity contribution in [3.8, 4) is 6.07 Å². The van der Waals surface area contributed by atoms with Gasteiger partial charge >= 0.3 is 6.03 Å². The minimum atomic E-state index is -0.402. The SMILES string of the molecule is N#Cc1cnc(NC(=O)N2CCCc3cc(CO)c(C=O)nc32)cc1CC1CCOCC1. The third kappa shape index (κ3) is 4.61. The van der Waals surface area contributed by atoms with E-state index in [4.69, 9.17) is 4.74 Å². The van der Waals surface area contributed by atoms with Crippen molar-refractivity contribution < 1.29 is 19.4 Å². The lowest BCUT2D eigenvalue weighted by molar-refractivity contribution is 0.0665. The third-order valence-electron chi connectivity index (χ3n) is 6.00. The lowest BCUT2D eigenvalue weighted by Crippen LogP contribution is -2.40. The largest absolute Gasteiger partial charge is 0.392 e. The zero-order valence-corrected chi connectivity index (χ0v) is 17.7. The van der Waals surface area contributed by atoms with Crippen LogP contribution in [0.15, 0.2) is 18.3 Å². The fraction of sp³-hybridized carbons (Fsp3) is 0.435. The van der Waals surface area contributed by atoms with E-state index in [1.54, 1.807) is 12.1 Å². The summed E-state index contributed by atoms with van der Waals surface area (Å²) < 4.78 is 5.42. The van der Waals surface area contributed by atoms with Gasteiger partial charge in [0.25, 0.3) is 0 Å². The molecule has 2 N–H and O–H groups in total. The number of hydrogen-bond donors (Lipinski definition) is 2. The molecule has 4 heterocycles. The van der Waals surface area contributed by atoms with E-state index in [1.807, 2.05) is 0 Å². The number of rotatable bonds is 5. The Morgan fingerprint density at radius 2 is 2.16 bits per heavy atom. The smallest absolute Gasteiger partial charge is 0.328 e. The van der Waals surface area contributed by atoms with Gasteiger partial charge in [0.1, 0.15) is 23.4 Å². The minimum Gasteiger partial charge on any atom is -0.392 e. The van der Waals surface area contributed by atoms with Gasteiger partial charge in [-0.3, -0.25) is 15.0 Å². The number of aryl methyl sites for hydroxylation is 1. The van der Waals surface area contributed by atoms with E-state index in [1.165, 1.54) is 11.1 Å². The van der Waals surface area contributed by atoms with Crippen LogP contribution in [0, 0.1) is 17.2 Å². The molecule has 0 atom stereocenters. The van der Waals surface area contributed by atoms with Gasteiger partial charge in [-0.15, -0.1) is 0 Å². The molecule has 1 saturated heterocycles. The van der Waals surface area contributed by atoms with Crippen molar-refractivity contribution in [2.24, 2.45) is 5.92 Å². The van der Waals surface area contributed by atoms with Crippen LogP contribution in [0.4, 0.5) is 16.4 Å². The molecule has 0 saturated carbocycles. The first-order valence-corrected chi connectivity index (χ1v) is 10.8. The van der Waals surface area contributed by atoms with Gasteiger partial charge in [-0.25, -0.2) is 14.8 Å². The van der Waals surface area contributed by atoms with Gasteiger partial charge in [-0.1, -0.05) is 0 Å². The molecule has 166 valence electrons. The van der Waals surface area contributed by atoms with E-state index in [0.717, 1.165) is 50.0 Å². The van der Waals surface area contributed by atoms with Gasteiger partial charge in [-0.2, -0.15) is 5.26 Å². The highest BCUT2D eigenvalue weighted by atomic mass is 16.5. The predicted molar refractivity (Wildman–Crippen MR) is 116 cm³/mol. The predicted octanol–water partition coefficient (Wildman–Crippen LogP) is 2.61. The van der Waals surface area contributed by atoms with E-state index in [9.17, 15) is 20.0 Å². The summed E-state index contributed by atoms with van der Waals surface area (Å²) in [7, 11) is 0. The second-order valence-corrected chi connectivity index (χ2v) is 8.08. The number of fused-ring (bicyclic) bond motifs is 1. The van der Waals surface area contributed by atoms with E-state index in [2.05, 4.69) is 21.4 Å². The van der Waals surface area contributed by atoms with Crippen LogP contribution in [0.2, 0.25) is 0 Å². The molecule has 0 spiro atoms. The van der Waals surface area contributed by atoms with Crippen molar-refractivity contribution in [2.75, 3.05) is 30.0 Å². The van der Waals surface area contributed by atoms with Crippen LogP contribution in [-0.2, 0) is 24.2 Å². The Morgan fingerprint density at radius 3 is 2.88 bits per heavy atom. The molecule has 9 nitrogen and oxygen atoms in total. The molecule has 0 radical (unpaired) electrons. The number of nitrogens with one attached hydrogen (secondary N) is 1. The number of aliphatic hydroxyl groups excluding tert-OH is 1. The zero-order chi connectivity index (χ0) is 22.5. The maximum atomic E-state index is 13.1. The Kier molecular flexibility index (Phi) is 6.73. The van der Waals surface area contributed by atoms with E-state index in [-0.39, 0.29) is 12.3 Å². The maximum absolute atomic E-state index is 13.1. The van der Waals surface area contributed by atoms with Crippen LogP contribution in [0.3, 0.4) is 0 Å². The van der Waals surface area contributed by atoms with Gasteiger partial charge in [0.15, 0.2) is 6.29 Å². The molecule has 4 rings (SSSR count). The van der Waals surface area contributed by atoms with Crippen LogP contribution in [-0.4, -0.2) is 47.2 Å². The number of anilines is 2. The van der Waals surface area contributed by atoms with Gasteiger partial charge in [0, 0.05) is 31.5 Å². The zero-order valence-electron chi connectivity index (χ0n) is 17.7. The minimum absolute atomic E-state index is 0.126. The fourth-order valence-corrected chi connectivity index (χ4v) is 4.26. The highest BCUT2D eigenvalue weighted by Crippen LogP contribution is 2.28. The van der Waals surface area contributed by atoms with Crippen LogP contribution < -0.4 is 10.2 Å². The molecule has 2 aliphatic rings. The van der Waals surface area contributed by atoms with Crippen molar-refractivity contribution >= 4 is 24.0 Å². The quantitative estimate of drug-likeness (QED) is 0.691. The van der Waals surface area contributed by atoms with Crippen LogP contribution in [0.5, 0.6) is 0 Å². The lowest BCUT2D eigenvalue weighted by Gasteiger charge is -2.29. The second-order valence-electron chi connectivity index (χ2n) is 8.08. The third-order valence-corrected chi connectivity index (χ3v) is 6.00. The number of urea groups is 1. The van der Waals surface area contributed by atoms with Crippen molar-refractivity contribution in [1.82, 2.24) is 9.97 Å². The number of amides is 2. The number of aldehydes is 1. The molecule has 0 bridgehead atoms. The number of carbonyl (C=O) groups is 2. The molecule has 2 aromatic heterocycles. The monoisotopic (exact) mass is 435 g/mol. The first-order valence-electron chi connectivity index (χ1n) is 10.8. The lowest BCUT2D eigenvalue weighted by atomic mass is 9.91. The van der Waals surface area contributed by atoms with Gasteiger partial charge in [0.2, 0.25) is 0 Å². The van der Waals surface area contributed by atoms with Crippen LogP contribution in [0.1, 0.15) is 52.0 Å². The molecular formula is C23H25N5O4. The van der Waals surface area contributed by atoms with Gasteiger partial charge < -0.3 is 9.84 Å². The van der Waals surface area contributed by atoms with E-state index in [0.29, 0.717) is 47.9 Å². The first kappa shape index (κ1) is 21.9. The highest BCUT2D eigenvalue weighted by molar-refractivity contribution is 6.01. The second kappa shape index (κ2) is 9.85. The van der Waals surface area contributed by atoms with Gasteiger partial charge in [0.05, 0.1) is 12.2 Å². The van der Waals surface area contributed by atoms with Crippen LogP contribution >= 0.6 is 0 Å². The summed E-state index contributed by atoms with van der Waals surface area (Å²) in [6.07, 6.45) is 6.15. The summed E-state index contributed by atoms with van der Waals surface area (Å²) in [6, 6.07) is 5.28. The van der Waals surface area contributed by atoms with Crippen molar-refractivity contribution in [2.45, 2.75) is 38.7 Å². The summed E-state index contributed by atoms with van der Waals surface area (Å²) in [6.45, 7) is 1.62. The molecule has 9 heteroatoms. The fourth-order valence-electron chi connectivity index (χ4n) is 4.26. The summed E-state index contributed by atoms with van der Waals surface area (Å²) in [5.74, 6) is 1.22. The summed E-state index contributed by atoms with van der Waals surface area (Å²) in [4.78, 5) is 34.5. The summed E-state index contributed by atoms with van der Waals surface area (Å²) in [5, 5.41) is 21.8. The normalized spacial score (nSPS) is 16.2. The number of aromatic nitrogens is 2. The standard InChI is InChI=1S/C23H25N5O4/c24-11-19-12-25-21(10-17(19)8-15-3-6-32-7-4-15)27-23(31)28-5-1-2-16-9-18(13-29)20(14-30)26-22(16)28/h9-10,12,14-15,29H,1-8,13H2,(H,25,27,31). The molecule has 0 aliphatic carbocycles. The Labute approximate surface area is 186 Å². The number of pyridine rings is 2. The molecule has 0 unspecified atom stereocenters. The van der Waals surface area contributed by atoms with E-state index >= 15 is 0 Å². The maximum Gasteiger partial charge on any atom is 0.328 e. The molecule has 2 aliphatic heterocycles. The Morgan fingerprint density at radius 1 is 1.34 bits per heavy atom. The first-order chi connectivity index (χ1) is 15.6. The number of hydrogen-bond acceptors (Lipinski definition) is 7. The Balaban J connectivity index is 1.55. The summed E-state index contributed by atoms with van der Waals surface area (Å²) >= 11 is 0. The molecule has 0 aromatic carbocycles.